The van der Waals surface area contributed by atoms with Crippen LogP contribution in [0.15, 0.2) is 85.1 Å². The van der Waals surface area contributed by atoms with E-state index >= 15 is 0 Å². The first-order chi connectivity index (χ1) is 12.8. The number of hydrogen-bond acceptors (Lipinski definition) is 3. The molecule has 5 rings (SSSR count). The average Bonchev–Trinajstić information content (AvgIpc) is 3.07. The van der Waals surface area contributed by atoms with Crippen molar-refractivity contribution in [2.45, 2.75) is 0 Å². The second-order valence-corrected chi connectivity index (χ2v) is 6.13. The molecule has 4 heteroatoms. The molecule has 0 aliphatic heterocycles. The van der Waals surface area contributed by atoms with Gasteiger partial charge in [-0.3, -0.25) is 4.57 Å². The highest BCUT2D eigenvalue weighted by atomic mass is 16.3. The van der Waals surface area contributed by atoms with Crippen molar-refractivity contribution in [2.24, 2.45) is 0 Å². The Hall–Kier alpha value is -3.66. The van der Waals surface area contributed by atoms with Gasteiger partial charge < -0.3 is 5.11 Å². The summed E-state index contributed by atoms with van der Waals surface area (Å²) < 4.78 is 2.07. The molecule has 0 unspecified atom stereocenters. The molecule has 4 nitrogen and oxygen atoms in total. The number of imidazole rings is 1. The number of benzene rings is 3. The zero-order valence-electron chi connectivity index (χ0n) is 13.9. The van der Waals surface area contributed by atoms with Gasteiger partial charge in [0.2, 0.25) is 0 Å². The molecule has 3 aromatic carbocycles. The molecular formula is C22H15N3O. The lowest BCUT2D eigenvalue weighted by atomic mass is 10.1. The summed E-state index contributed by atoms with van der Waals surface area (Å²) in [5, 5.41) is 12.7. The molecule has 0 bridgehead atoms. The first-order valence-electron chi connectivity index (χ1n) is 8.43. The second kappa shape index (κ2) is 5.70. The van der Waals surface area contributed by atoms with E-state index in [-0.39, 0.29) is 5.75 Å². The molecule has 0 atom stereocenters. The minimum absolute atomic E-state index is 0.198. The molecule has 0 aliphatic rings. The predicted molar refractivity (Wildman–Crippen MR) is 103 cm³/mol. The van der Waals surface area contributed by atoms with Crippen LogP contribution in [0.25, 0.3) is 39.0 Å². The van der Waals surface area contributed by atoms with Crippen LogP contribution in [0.4, 0.5) is 0 Å². The summed E-state index contributed by atoms with van der Waals surface area (Å²) in [5.41, 5.74) is 3.25. The van der Waals surface area contributed by atoms with Gasteiger partial charge in [0, 0.05) is 11.6 Å². The number of phenolic OH excluding ortho intramolecular Hbond substituents is 1. The Balaban J connectivity index is 1.93. The van der Waals surface area contributed by atoms with Gasteiger partial charge in [0.25, 0.3) is 0 Å². The fourth-order valence-electron chi connectivity index (χ4n) is 3.40. The van der Waals surface area contributed by atoms with Gasteiger partial charge in [0.15, 0.2) is 11.5 Å². The van der Waals surface area contributed by atoms with Crippen LogP contribution in [0.3, 0.4) is 0 Å². The van der Waals surface area contributed by atoms with Gasteiger partial charge in [0.1, 0.15) is 5.75 Å². The zero-order valence-corrected chi connectivity index (χ0v) is 13.9. The third-order valence-corrected chi connectivity index (χ3v) is 4.58. The number of aromatic hydroxyl groups is 1. The number of fused-ring (bicyclic) bond motifs is 2. The van der Waals surface area contributed by atoms with Gasteiger partial charge in [-0.2, -0.15) is 0 Å². The number of nitrogens with zero attached hydrogens (tertiary/aromatic N) is 3. The molecule has 1 N–H and O–H groups in total. The van der Waals surface area contributed by atoms with Crippen LogP contribution in [0.5, 0.6) is 5.75 Å². The number of phenols is 1. The van der Waals surface area contributed by atoms with Gasteiger partial charge >= 0.3 is 0 Å². The summed E-state index contributed by atoms with van der Waals surface area (Å²) in [6, 6.07) is 25.6. The number of aromatic nitrogens is 3. The highest BCUT2D eigenvalue weighted by Gasteiger charge is 2.18. The molecule has 26 heavy (non-hydrogen) atoms. The lowest BCUT2D eigenvalue weighted by molar-refractivity contribution is 0.477. The van der Waals surface area contributed by atoms with Gasteiger partial charge in [0.05, 0.1) is 16.8 Å². The first kappa shape index (κ1) is 14.7. The standard InChI is InChI=1S/C22H15N3O/c26-20-13-4-3-10-17(20)22-24-21-19(12-6-14-23-21)25(22)18-11-5-8-15-7-1-2-9-16(15)18/h1-14,26H. The summed E-state index contributed by atoms with van der Waals surface area (Å²) in [5.74, 6) is 0.873. The van der Waals surface area contributed by atoms with Crippen molar-refractivity contribution in [1.82, 2.24) is 14.5 Å². The first-order valence-corrected chi connectivity index (χ1v) is 8.43. The van der Waals surface area contributed by atoms with E-state index in [0.29, 0.717) is 17.0 Å². The summed E-state index contributed by atoms with van der Waals surface area (Å²) in [6.07, 6.45) is 1.73. The molecule has 0 aliphatic carbocycles. The Morgan fingerprint density at radius 2 is 1.58 bits per heavy atom. The largest absolute Gasteiger partial charge is 0.507 e. The summed E-state index contributed by atoms with van der Waals surface area (Å²) >= 11 is 0. The number of pyridine rings is 1. The van der Waals surface area contributed by atoms with Crippen LogP contribution in [0, 0.1) is 0 Å². The minimum Gasteiger partial charge on any atom is -0.507 e. The quantitative estimate of drug-likeness (QED) is 0.496. The molecule has 0 fully saturated rings. The fraction of sp³-hybridized carbons (Fsp3) is 0. The van der Waals surface area contributed by atoms with Crippen molar-refractivity contribution < 1.29 is 5.11 Å². The lowest BCUT2D eigenvalue weighted by Crippen LogP contribution is -1.98. The van der Waals surface area contributed by atoms with Crippen LogP contribution < -0.4 is 0 Å². The van der Waals surface area contributed by atoms with E-state index in [1.807, 2.05) is 48.5 Å². The molecule has 0 amide bonds. The third-order valence-electron chi connectivity index (χ3n) is 4.58. The topological polar surface area (TPSA) is 50.9 Å². The molecule has 5 aromatic rings. The maximum absolute atomic E-state index is 10.4. The van der Waals surface area contributed by atoms with Crippen molar-refractivity contribution >= 4 is 21.9 Å². The van der Waals surface area contributed by atoms with Crippen LogP contribution >= 0.6 is 0 Å². The van der Waals surface area contributed by atoms with E-state index in [1.54, 1.807) is 12.3 Å². The van der Waals surface area contributed by atoms with E-state index in [1.165, 1.54) is 0 Å². The summed E-state index contributed by atoms with van der Waals surface area (Å²) in [6.45, 7) is 0. The molecule has 0 radical (unpaired) electrons. The monoisotopic (exact) mass is 337 g/mol. The second-order valence-electron chi connectivity index (χ2n) is 6.13. The van der Waals surface area contributed by atoms with E-state index in [0.717, 1.165) is 22.0 Å². The van der Waals surface area contributed by atoms with Crippen molar-refractivity contribution in [1.29, 1.82) is 0 Å². The van der Waals surface area contributed by atoms with Crippen molar-refractivity contribution in [2.75, 3.05) is 0 Å². The van der Waals surface area contributed by atoms with E-state index in [4.69, 9.17) is 4.98 Å². The van der Waals surface area contributed by atoms with Crippen molar-refractivity contribution in [3.63, 3.8) is 0 Å². The van der Waals surface area contributed by atoms with Gasteiger partial charge in [-0.05, 0) is 35.7 Å². The van der Waals surface area contributed by atoms with E-state index < -0.39 is 0 Å². The van der Waals surface area contributed by atoms with Gasteiger partial charge in [-0.15, -0.1) is 0 Å². The number of rotatable bonds is 2. The van der Waals surface area contributed by atoms with Crippen molar-refractivity contribution in [3.05, 3.63) is 85.1 Å². The Morgan fingerprint density at radius 3 is 2.50 bits per heavy atom. The number of hydrogen-bond donors (Lipinski definition) is 1. The van der Waals surface area contributed by atoms with E-state index in [9.17, 15) is 5.11 Å². The Kier molecular flexibility index (Phi) is 3.22. The maximum Gasteiger partial charge on any atom is 0.178 e. The average molecular weight is 337 g/mol. The highest BCUT2D eigenvalue weighted by molar-refractivity contribution is 5.93. The molecule has 0 saturated carbocycles. The predicted octanol–water partition coefficient (Wildman–Crippen LogP) is 4.95. The summed E-state index contributed by atoms with van der Waals surface area (Å²) in [4.78, 5) is 9.13. The Morgan fingerprint density at radius 1 is 0.769 bits per heavy atom. The van der Waals surface area contributed by atoms with E-state index in [2.05, 4.69) is 33.8 Å². The van der Waals surface area contributed by atoms with Gasteiger partial charge in [-0.1, -0.05) is 48.5 Å². The maximum atomic E-state index is 10.4. The lowest BCUT2D eigenvalue weighted by Gasteiger charge is -2.13. The normalized spacial score (nSPS) is 11.2. The SMILES string of the molecule is Oc1ccccc1-c1nc2ncccc2n1-c1cccc2ccccc12. The molecule has 0 spiro atoms. The Bertz CT molecular complexity index is 1250. The fourth-order valence-corrected chi connectivity index (χ4v) is 3.40. The highest BCUT2D eigenvalue weighted by Crippen LogP contribution is 2.34. The molecular weight excluding hydrogens is 322 g/mol. The molecule has 0 saturated heterocycles. The smallest absolute Gasteiger partial charge is 0.178 e. The Labute approximate surface area is 150 Å². The van der Waals surface area contributed by atoms with Crippen LogP contribution in [-0.4, -0.2) is 19.6 Å². The third kappa shape index (κ3) is 2.16. The van der Waals surface area contributed by atoms with Crippen LogP contribution in [0.1, 0.15) is 0 Å². The summed E-state index contributed by atoms with van der Waals surface area (Å²) in [7, 11) is 0. The van der Waals surface area contributed by atoms with Crippen LogP contribution in [-0.2, 0) is 0 Å². The minimum atomic E-state index is 0.198. The molecule has 2 heterocycles. The number of para-hydroxylation sites is 1. The molecule has 2 aromatic heterocycles. The van der Waals surface area contributed by atoms with Crippen LogP contribution in [0.2, 0.25) is 0 Å². The van der Waals surface area contributed by atoms with Gasteiger partial charge in [-0.25, -0.2) is 9.97 Å². The van der Waals surface area contributed by atoms with Crippen molar-refractivity contribution in [3.8, 4) is 22.8 Å². The molecule has 124 valence electrons. The zero-order chi connectivity index (χ0) is 17.5.